The fourth-order valence-electron chi connectivity index (χ4n) is 2.01. The van der Waals surface area contributed by atoms with Crippen LogP contribution >= 0.6 is 46.4 Å². The Labute approximate surface area is 168 Å². The molecule has 0 atom stereocenters. The topological polar surface area (TPSA) is 97.6 Å². The molecule has 0 N–H and O–H groups in total. The Balaban J connectivity index is 2.72. The van der Waals surface area contributed by atoms with Gasteiger partial charge in [0.1, 0.15) is 11.4 Å². The minimum atomic E-state index is -4.46. The van der Waals surface area contributed by atoms with Crippen LogP contribution in [0.3, 0.4) is 0 Å². The molecule has 0 heterocycles. The fraction of sp³-hybridized carbons (Fsp3) is 0.0714. The van der Waals surface area contributed by atoms with Crippen LogP contribution in [-0.4, -0.2) is 25.1 Å². The summed E-state index contributed by atoms with van der Waals surface area (Å²) in [5.41, 5.74) is -0.727. The number of hydrogen-bond donors (Lipinski definition) is 0. The summed E-state index contributed by atoms with van der Waals surface area (Å²) in [6.07, 6.45) is 0. The number of carbonyl (C=O) groups is 1. The number of hydrogen-bond acceptors (Lipinski definition) is 5. The first kappa shape index (κ1) is 20.7. The third-order valence-electron chi connectivity index (χ3n) is 3.14. The first-order valence-corrected chi connectivity index (χ1v) is 9.59. The predicted octanol–water partition coefficient (Wildman–Crippen LogP) is 4.52. The molecule has 0 spiro atoms. The Hall–Kier alpha value is -1.58. The number of halogens is 4. The van der Waals surface area contributed by atoms with Gasteiger partial charge in [0, 0.05) is 17.2 Å². The number of nitro groups is 1. The Morgan fingerprint density at radius 3 is 2.27 bits per heavy atom. The van der Waals surface area contributed by atoms with Crippen LogP contribution in [0.15, 0.2) is 41.3 Å². The number of nitro benzene ring substituents is 1. The van der Waals surface area contributed by atoms with Gasteiger partial charge >= 0.3 is 0 Å². The number of carbonyl (C=O) groups excluding carboxylic acids is 1. The van der Waals surface area contributed by atoms with Crippen LogP contribution in [0, 0.1) is 10.1 Å². The average molecular weight is 458 g/mol. The highest BCUT2D eigenvalue weighted by Gasteiger charge is 2.31. The van der Waals surface area contributed by atoms with E-state index in [1.807, 2.05) is 0 Å². The maximum atomic E-state index is 13.0. The summed E-state index contributed by atoms with van der Waals surface area (Å²) in [5.74, 6) is 0. The van der Waals surface area contributed by atoms with Crippen LogP contribution in [0.1, 0.15) is 0 Å². The molecule has 2 aromatic carbocycles. The highest BCUT2D eigenvalue weighted by molar-refractivity contribution is 7.93. The van der Waals surface area contributed by atoms with E-state index in [2.05, 4.69) is 0 Å². The normalized spacial score (nSPS) is 11.2. The SMILES string of the molecule is O=C(Cl)CN(c1cc([N+](=O)[O-])ccc1Cl)S(=O)(=O)c1cc(Cl)ccc1Cl. The van der Waals surface area contributed by atoms with Gasteiger partial charge in [-0.3, -0.25) is 19.2 Å². The summed E-state index contributed by atoms with van der Waals surface area (Å²) in [6.45, 7) is -0.826. The van der Waals surface area contributed by atoms with Gasteiger partial charge in [-0.05, 0) is 35.9 Å². The molecule has 138 valence electrons. The van der Waals surface area contributed by atoms with Crippen molar-refractivity contribution in [1.82, 2.24) is 0 Å². The molecule has 0 aliphatic heterocycles. The number of nitrogens with zero attached hydrogens (tertiary/aromatic N) is 2. The third-order valence-corrected chi connectivity index (χ3v) is 6.05. The van der Waals surface area contributed by atoms with E-state index in [1.54, 1.807) is 0 Å². The van der Waals surface area contributed by atoms with Crippen molar-refractivity contribution >= 4 is 73.0 Å². The van der Waals surface area contributed by atoms with Gasteiger partial charge in [-0.2, -0.15) is 0 Å². The van der Waals surface area contributed by atoms with Crippen molar-refractivity contribution < 1.29 is 18.1 Å². The Morgan fingerprint density at radius 1 is 1.08 bits per heavy atom. The van der Waals surface area contributed by atoms with Gasteiger partial charge < -0.3 is 0 Å². The maximum absolute atomic E-state index is 13.0. The van der Waals surface area contributed by atoms with Crippen LogP contribution in [0.25, 0.3) is 0 Å². The summed E-state index contributed by atoms with van der Waals surface area (Å²) in [7, 11) is -4.46. The van der Waals surface area contributed by atoms with E-state index in [4.69, 9.17) is 46.4 Å². The largest absolute Gasteiger partial charge is 0.279 e. The molecular weight excluding hydrogens is 450 g/mol. The van der Waals surface area contributed by atoms with Crippen molar-refractivity contribution in [3.8, 4) is 0 Å². The lowest BCUT2D eigenvalue weighted by molar-refractivity contribution is -0.384. The third kappa shape index (κ3) is 4.39. The zero-order chi connectivity index (χ0) is 19.6. The minimum absolute atomic E-state index is 0.0789. The van der Waals surface area contributed by atoms with E-state index < -0.39 is 37.3 Å². The molecule has 12 heteroatoms. The molecule has 7 nitrogen and oxygen atoms in total. The van der Waals surface area contributed by atoms with Gasteiger partial charge in [-0.15, -0.1) is 0 Å². The molecule has 0 aliphatic carbocycles. The Bertz CT molecular complexity index is 997. The zero-order valence-corrected chi connectivity index (χ0v) is 16.4. The second-order valence-corrected chi connectivity index (χ2v) is 8.34. The molecule has 26 heavy (non-hydrogen) atoms. The van der Waals surface area contributed by atoms with Crippen LogP contribution in [-0.2, 0) is 14.8 Å². The molecule has 0 radical (unpaired) electrons. The molecule has 0 unspecified atom stereocenters. The summed E-state index contributed by atoms with van der Waals surface area (Å²) in [4.78, 5) is 21.3. The molecule has 0 saturated heterocycles. The molecule has 2 rings (SSSR count). The quantitative estimate of drug-likeness (QED) is 0.361. The molecular formula is C14H8Cl4N2O5S. The highest BCUT2D eigenvalue weighted by Crippen LogP contribution is 2.36. The van der Waals surface area contributed by atoms with Gasteiger partial charge in [-0.1, -0.05) is 34.8 Å². The second kappa shape index (κ2) is 7.98. The molecule has 0 amide bonds. The van der Waals surface area contributed by atoms with Crippen molar-refractivity contribution in [3.63, 3.8) is 0 Å². The van der Waals surface area contributed by atoms with Crippen molar-refractivity contribution in [3.05, 3.63) is 61.6 Å². The second-order valence-electron chi connectivity index (χ2n) is 4.83. The number of rotatable bonds is 6. The van der Waals surface area contributed by atoms with Gasteiger partial charge in [-0.25, -0.2) is 8.42 Å². The van der Waals surface area contributed by atoms with Gasteiger partial charge in [0.15, 0.2) is 0 Å². The van der Waals surface area contributed by atoms with E-state index in [0.29, 0.717) is 4.31 Å². The predicted molar refractivity (Wildman–Crippen MR) is 100.0 cm³/mol. The monoisotopic (exact) mass is 456 g/mol. The van der Waals surface area contributed by atoms with E-state index in [0.717, 1.165) is 24.3 Å². The van der Waals surface area contributed by atoms with E-state index in [1.165, 1.54) is 12.1 Å². The zero-order valence-electron chi connectivity index (χ0n) is 12.5. The van der Waals surface area contributed by atoms with E-state index in [9.17, 15) is 23.3 Å². The summed E-state index contributed by atoms with van der Waals surface area (Å²) in [5, 5.41) is 9.73. The molecule has 0 aliphatic rings. The van der Waals surface area contributed by atoms with Crippen molar-refractivity contribution in [2.24, 2.45) is 0 Å². The van der Waals surface area contributed by atoms with Crippen molar-refractivity contribution in [2.45, 2.75) is 4.90 Å². The van der Waals surface area contributed by atoms with E-state index >= 15 is 0 Å². The summed E-state index contributed by atoms with van der Waals surface area (Å²) in [6, 6.07) is 6.85. The molecule has 0 bridgehead atoms. The molecule has 0 saturated carbocycles. The van der Waals surface area contributed by atoms with Crippen molar-refractivity contribution in [2.75, 3.05) is 10.8 Å². The first-order valence-electron chi connectivity index (χ1n) is 6.64. The Kier molecular flexibility index (Phi) is 6.36. The lowest BCUT2D eigenvalue weighted by atomic mass is 10.3. The average Bonchev–Trinajstić information content (AvgIpc) is 2.55. The van der Waals surface area contributed by atoms with Crippen LogP contribution < -0.4 is 4.31 Å². The summed E-state index contributed by atoms with van der Waals surface area (Å²) < 4.78 is 26.6. The molecule has 2 aromatic rings. The van der Waals surface area contributed by atoms with Crippen LogP contribution in [0.2, 0.25) is 15.1 Å². The highest BCUT2D eigenvalue weighted by atomic mass is 35.5. The van der Waals surface area contributed by atoms with Crippen LogP contribution in [0.4, 0.5) is 11.4 Å². The standard InChI is InChI=1S/C14H8Cl4N2O5S/c15-8-1-3-11(17)13(5-8)26(24,25)19(7-14(18)21)12-6-9(20(22)23)2-4-10(12)16/h1-6H,7H2. The van der Waals surface area contributed by atoms with Gasteiger partial charge in [0.05, 0.1) is 20.7 Å². The smallest absolute Gasteiger partial charge is 0.271 e. The summed E-state index contributed by atoms with van der Waals surface area (Å²) >= 11 is 23.1. The van der Waals surface area contributed by atoms with Crippen molar-refractivity contribution in [1.29, 1.82) is 0 Å². The molecule has 0 aromatic heterocycles. The Morgan fingerprint density at radius 2 is 1.69 bits per heavy atom. The first-order chi connectivity index (χ1) is 12.0. The lowest BCUT2D eigenvalue weighted by Crippen LogP contribution is -2.35. The number of anilines is 1. The number of benzene rings is 2. The lowest BCUT2D eigenvalue weighted by Gasteiger charge is -2.24. The van der Waals surface area contributed by atoms with Crippen LogP contribution in [0.5, 0.6) is 0 Å². The fourth-order valence-corrected chi connectivity index (χ4v) is 4.64. The minimum Gasteiger partial charge on any atom is -0.279 e. The number of sulfonamides is 1. The van der Waals surface area contributed by atoms with Gasteiger partial charge in [0.25, 0.3) is 15.7 Å². The van der Waals surface area contributed by atoms with E-state index in [-0.39, 0.29) is 20.8 Å². The molecule has 0 fully saturated rings. The maximum Gasteiger partial charge on any atom is 0.271 e. The number of non-ortho nitro benzene ring substituents is 1. The van der Waals surface area contributed by atoms with Gasteiger partial charge in [0.2, 0.25) is 5.24 Å².